The summed E-state index contributed by atoms with van der Waals surface area (Å²) in [5, 5.41) is 0. The van der Waals surface area contributed by atoms with Crippen molar-refractivity contribution in [2.24, 2.45) is 0 Å². The number of terminal acetylenes is 1. The second-order valence-corrected chi connectivity index (χ2v) is 2.48. The molecule has 1 aromatic rings. The van der Waals surface area contributed by atoms with Crippen LogP contribution in [0.3, 0.4) is 0 Å². The molecule has 62 valence electrons. The molecule has 0 aliphatic rings. The van der Waals surface area contributed by atoms with Gasteiger partial charge < -0.3 is 0 Å². The van der Waals surface area contributed by atoms with Gasteiger partial charge in [-0.15, -0.1) is 12.3 Å². The van der Waals surface area contributed by atoms with E-state index in [4.69, 9.17) is 6.42 Å². The van der Waals surface area contributed by atoms with Crippen LogP contribution in [-0.2, 0) is 6.42 Å². The van der Waals surface area contributed by atoms with Crippen molar-refractivity contribution in [1.82, 2.24) is 0 Å². The minimum absolute atomic E-state index is 0.503. The highest BCUT2D eigenvalue weighted by atomic mass is 19.1. The Bertz CT molecular complexity index is 290. The van der Waals surface area contributed by atoms with Crippen LogP contribution in [0, 0.1) is 24.0 Å². The van der Waals surface area contributed by atoms with Crippen molar-refractivity contribution in [2.45, 2.75) is 12.8 Å². The maximum atomic E-state index is 12.6. The molecule has 1 rings (SSSR count). The molecule has 0 amide bonds. The van der Waals surface area contributed by atoms with E-state index in [2.05, 4.69) is 5.92 Å². The van der Waals surface area contributed by atoms with E-state index in [0.717, 1.165) is 6.07 Å². The Kier molecular flexibility index (Phi) is 2.82. The van der Waals surface area contributed by atoms with Crippen LogP contribution >= 0.6 is 0 Å². The monoisotopic (exact) mass is 166 g/mol. The fourth-order valence-electron chi connectivity index (χ4n) is 0.972. The first-order chi connectivity index (χ1) is 5.72. The van der Waals surface area contributed by atoms with Gasteiger partial charge in [-0.05, 0) is 24.1 Å². The Hall–Kier alpha value is -1.36. The van der Waals surface area contributed by atoms with E-state index >= 15 is 0 Å². The van der Waals surface area contributed by atoms with Crippen molar-refractivity contribution < 1.29 is 8.78 Å². The van der Waals surface area contributed by atoms with Gasteiger partial charge in [0.2, 0.25) is 0 Å². The largest absolute Gasteiger partial charge is 0.207 e. The molecule has 0 fully saturated rings. The standard InChI is InChI=1S/C10H8F2/c1-2-3-4-8-5-9(11)7-10(12)6-8/h1,5-7H,3-4H2. The van der Waals surface area contributed by atoms with Crippen molar-refractivity contribution in [3.05, 3.63) is 35.4 Å². The lowest BCUT2D eigenvalue weighted by Gasteiger charge is -1.97. The summed E-state index contributed by atoms with van der Waals surface area (Å²) in [6, 6.07) is 3.43. The lowest BCUT2D eigenvalue weighted by atomic mass is 10.1. The fraction of sp³-hybridized carbons (Fsp3) is 0.200. The molecule has 0 heterocycles. The summed E-state index contributed by atoms with van der Waals surface area (Å²) in [7, 11) is 0. The molecule has 0 spiro atoms. The molecular formula is C10H8F2. The number of halogens is 2. The highest BCUT2D eigenvalue weighted by Crippen LogP contribution is 2.09. The van der Waals surface area contributed by atoms with Crippen LogP contribution in [0.1, 0.15) is 12.0 Å². The molecule has 0 saturated heterocycles. The van der Waals surface area contributed by atoms with Gasteiger partial charge in [0.25, 0.3) is 0 Å². The normalized spacial score (nSPS) is 9.42. The molecule has 2 heteroatoms. The number of hydrogen-bond acceptors (Lipinski definition) is 0. The van der Waals surface area contributed by atoms with Crippen molar-refractivity contribution in [3.8, 4) is 12.3 Å². The summed E-state index contributed by atoms with van der Waals surface area (Å²) in [6.07, 6.45) is 6.04. The van der Waals surface area contributed by atoms with E-state index in [1.54, 1.807) is 0 Å². The van der Waals surface area contributed by atoms with Gasteiger partial charge >= 0.3 is 0 Å². The summed E-state index contributed by atoms with van der Waals surface area (Å²) >= 11 is 0. The third-order valence-electron chi connectivity index (χ3n) is 1.48. The third-order valence-corrected chi connectivity index (χ3v) is 1.48. The van der Waals surface area contributed by atoms with Crippen LogP contribution in [0.2, 0.25) is 0 Å². The highest BCUT2D eigenvalue weighted by molar-refractivity contribution is 5.18. The molecule has 0 radical (unpaired) electrons. The number of benzene rings is 1. The maximum absolute atomic E-state index is 12.6. The second-order valence-electron chi connectivity index (χ2n) is 2.48. The van der Waals surface area contributed by atoms with Gasteiger partial charge in [-0.2, -0.15) is 0 Å². The smallest absolute Gasteiger partial charge is 0.126 e. The molecule has 0 aliphatic carbocycles. The molecule has 0 saturated carbocycles. The van der Waals surface area contributed by atoms with Gasteiger partial charge in [0.05, 0.1) is 0 Å². The van der Waals surface area contributed by atoms with Crippen LogP contribution < -0.4 is 0 Å². The summed E-state index contributed by atoms with van der Waals surface area (Å²) in [6.45, 7) is 0. The van der Waals surface area contributed by atoms with Gasteiger partial charge in [0.15, 0.2) is 0 Å². The summed E-state index contributed by atoms with van der Waals surface area (Å²) in [4.78, 5) is 0. The van der Waals surface area contributed by atoms with Crippen molar-refractivity contribution in [3.63, 3.8) is 0 Å². The summed E-state index contributed by atoms with van der Waals surface area (Å²) < 4.78 is 25.1. The zero-order valence-electron chi connectivity index (χ0n) is 6.48. The summed E-state index contributed by atoms with van der Waals surface area (Å²) in [5.41, 5.74) is 0.602. The minimum atomic E-state index is -0.554. The average molecular weight is 166 g/mol. The lowest BCUT2D eigenvalue weighted by Crippen LogP contribution is -1.87. The van der Waals surface area contributed by atoms with Crippen LogP contribution in [0.4, 0.5) is 8.78 Å². The molecular weight excluding hydrogens is 158 g/mol. The molecule has 0 nitrogen and oxygen atoms in total. The number of rotatable bonds is 2. The Labute approximate surface area is 70.2 Å². The van der Waals surface area contributed by atoms with E-state index < -0.39 is 11.6 Å². The van der Waals surface area contributed by atoms with E-state index in [1.165, 1.54) is 12.1 Å². The van der Waals surface area contributed by atoms with Gasteiger partial charge in [-0.1, -0.05) is 0 Å². The van der Waals surface area contributed by atoms with Crippen molar-refractivity contribution >= 4 is 0 Å². The first-order valence-corrected chi connectivity index (χ1v) is 3.61. The first kappa shape index (κ1) is 8.73. The van der Waals surface area contributed by atoms with E-state index in [-0.39, 0.29) is 0 Å². The molecule has 0 N–H and O–H groups in total. The van der Waals surface area contributed by atoms with Crippen molar-refractivity contribution in [1.29, 1.82) is 0 Å². The zero-order valence-corrected chi connectivity index (χ0v) is 6.48. The number of hydrogen-bond donors (Lipinski definition) is 0. The van der Waals surface area contributed by atoms with E-state index in [0.29, 0.717) is 18.4 Å². The van der Waals surface area contributed by atoms with E-state index in [9.17, 15) is 8.78 Å². The van der Waals surface area contributed by atoms with Gasteiger partial charge in [-0.25, -0.2) is 8.78 Å². The van der Waals surface area contributed by atoms with Gasteiger partial charge in [-0.3, -0.25) is 0 Å². The van der Waals surface area contributed by atoms with E-state index in [1.807, 2.05) is 0 Å². The maximum Gasteiger partial charge on any atom is 0.126 e. The minimum Gasteiger partial charge on any atom is -0.207 e. The topological polar surface area (TPSA) is 0 Å². The SMILES string of the molecule is C#CCCc1cc(F)cc(F)c1. The van der Waals surface area contributed by atoms with Crippen LogP contribution in [0.15, 0.2) is 18.2 Å². The van der Waals surface area contributed by atoms with Crippen LogP contribution in [0.25, 0.3) is 0 Å². The third kappa shape index (κ3) is 2.35. The van der Waals surface area contributed by atoms with Crippen molar-refractivity contribution in [2.75, 3.05) is 0 Å². The Morgan fingerprint density at radius 1 is 1.17 bits per heavy atom. The van der Waals surface area contributed by atoms with Crippen LogP contribution in [-0.4, -0.2) is 0 Å². The molecule has 0 atom stereocenters. The predicted molar refractivity (Wildman–Crippen MR) is 43.5 cm³/mol. The van der Waals surface area contributed by atoms with Crippen LogP contribution in [0.5, 0.6) is 0 Å². The molecule has 0 bridgehead atoms. The summed E-state index contributed by atoms with van der Waals surface area (Å²) in [5.74, 6) is 1.30. The Balaban J connectivity index is 2.80. The molecule has 0 unspecified atom stereocenters. The van der Waals surface area contributed by atoms with Gasteiger partial charge in [0, 0.05) is 12.5 Å². The number of aryl methyl sites for hydroxylation is 1. The highest BCUT2D eigenvalue weighted by Gasteiger charge is 1.98. The molecule has 1 aromatic carbocycles. The second kappa shape index (κ2) is 3.87. The Morgan fingerprint density at radius 2 is 1.75 bits per heavy atom. The Morgan fingerprint density at radius 3 is 2.25 bits per heavy atom. The predicted octanol–water partition coefficient (Wildman–Crippen LogP) is 2.53. The first-order valence-electron chi connectivity index (χ1n) is 3.61. The fourth-order valence-corrected chi connectivity index (χ4v) is 0.972. The average Bonchev–Trinajstić information content (AvgIpc) is 1.99. The molecule has 0 aliphatic heterocycles. The molecule has 0 aromatic heterocycles. The zero-order chi connectivity index (χ0) is 8.97. The molecule has 12 heavy (non-hydrogen) atoms. The van der Waals surface area contributed by atoms with Gasteiger partial charge in [0.1, 0.15) is 11.6 Å². The quantitative estimate of drug-likeness (QED) is 0.592. The lowest BCUT2D eigenvalue weighted by molar-refractivity contribution is 0.579.